The van der Waals surface area contributed by atoms with Gasteiger partial charge in [-0.1, -0.05) is 42.5 Å². The molecule has 0 amide bonds. The maximum atomic E-state index is 11.3. The van der Waals surface area contributed by atoms with Crippen LogP contribution >= 0.6 is 0 Å². The highest BCUT2D eigenvalue weighted by atomic mass is 28.4. The summed E-state index contributed by atoms with van der Waals surface area (Å²) in [5, 5.41) is 11.8. The lowest BCUT2D eigenvalue weighted by Crippen LogP contribution is -2.59. The van der Waals surface area contributed by atoms with Crippen molar-refractivity contribution in [1.29, 1.82) is 0 Å². The van der Waals surface area contributed by atoms with Crippen LogP contribution < -0.4 is 15.3 Å². The van der Waals surface area contributed by atoms with Gasteiger partial charge in [0.2, 0.25) is 0 Å². The summed E-state index contributed by atoms with van der Waals surface area (Å²) in [5.74, 6) is 0. The predicted octanol–water partition coefficient (Wildman–Crippen LogP) is 0.104. The van der Waals surface area contributed by atoms with E-state index in [1.807, 2.05) is 80.5 Å². The minimum atomic E-state index is -3.64. The minimum Gasteiger partial charge on any atom is -0.391 e. The Balaban J connectivity index is 1.42. The first kappa shape index (κ1) is 22.2. The molecule has 0 radical (unpaired) electrons. The summed E-state index contributed by atoms with van der Waals surface area (Å²) in [7, 11) is -2.92. The molecule has 32 heavy (non-hydrogen) atoms. The quantitative estimate of drug-likeness (QED) is 0.589. The average molecular weight is 476 g/mol. The van der Waals surface area contributed by atoms with Gasteiger partial charge in [-0.05, 0) is 26.0 Å². The van der Waals surface area contributed by atoms with Crippen LogP contribution in [0.5, 0.6) is 0 Å². The molecular formula is C22H29NO7Si2. The number of anilines is 1. The Hall–Kier alpha value is -1.61. The molecule has 10 heteroatoms. The van der Waals surface area contributed by atoms with Crippen LogP contribution in [0.3, 0.4) is 0 Å². The third kappa shape index (κ3) is 3.56. The molecule has 5 rings (SSSR count). The SMILES string of the molecule is CC(O)C1O[Si]2(c3ccccc3)OC1C(C1O[Si](O)(c3ccc(N(C)C)cc3)OC1C)O2. The molecule has 0 saturated carbocycles. The van der Waals surface area contributed by atoms with Gasteiger partial charge in [0.05, 0.1) is 12.2 Å². The number of fused-ring (bicyclic) bond motifs is 2. The van der Waals surface area contributed by atoms with Gasteiger partial charge in [0.1, 0.15) is 24.4 Å². The monoisotopic (exact) mass is 475 g/mol. The molecule has 2 bridgehead atoms. The highest BCUT2D eigenvalue weighted by Crippen LogP contribution is 2.43. The Morgan fingerprint density at radius 2 is 1.47 bits per heavy atom. The van der Waals surface area contributed by atoms with Gasteiger partial charge in [-0.2, -0.15) is 0 Å². The van der Waals surface area contributed by atoms with Crippen LogP contribution in [0.1, 0.15) is 13.8 Å². The van der Waals surface area contributed by atoms with E-state index in [1.165, 1.54) is 0 Å². The van der Waals surface area contributed by atoms with E-state index in [0.717, 1.165) is 10.9 Å². The molecule has 3 heterocycles. The summed E-state index contributed by atoms with van der Waals surface area (Å²) < 4.78 is 31.2. The smallest absolute Gasteiger partial charge is 0.391 e. The van der Waals surface area contributed by atoms with E-state index in [9.17, 15) is 9.90 Å². The normalized spacial score (nSPS) is 39.4. The van der Waals surface area contributed by atoms with Crippen molar-refractivity contribution in [2.24, 2.45) is 0 Å². The second-order valence-corrected chi connectivity index (χ2v) is 13.4. The molecule has 0 aromatic heterocycles. The zero-order valence-electron chi connectivity index (χ0n) is 18.5. The number of aliphatic hydroxyl groups is 1. The van der Waals surface area contributed by atoms with Crippen LogP contribution in [0, 0.1) is 0 Å². The van der Waals surface area contributed by atoms with E-state index in [1.54, 1.807) is 6.92 Å². The van der Waals surface area contributed by atoms with E-state index < -0.39 is 54.2 Å². The van der Waals surface area contributed by atoms with Gasteiger partial charge in [0.15, 0.2) is 0 Å². The molecule has 172 valence electrons. The Morgan fingerprint density at radius 1 is 0.812 bits per heavy atom. The fraction of sp³-hybridized carbons (Fsp3) is 0.455. The summed E-state index contributed by atoms with van der Waals surface area (Å²) in [6.07, 6.45) is -3.26. The lowest BCUT2D eigenvalue weighted by Gasteiger charge is -2.35. The lowest BCUT2D eigenvalue weighted by molar-refractivity contribution is -0.0741. The number of benzene rings is 2. The van der Waals surface area contributed by atoms with Crippen molar-refractivity contribution in [1.82, 2.24) is 0 Å². The van der Waals surface area contributed by atoms with Crippen molar-refractivity contribution in [2.45, 2.75) is 50.5 Å². The molecular weight excluding hydrogens is 446 g/mol. The molecule has 0 spiro atoms. The Labute approximate surface area is 190 Å². The van der Waals surface area contributed by atoms with Crippen LogP contribution in [0.2, 0.25) is 0 Å². The summed E-state index contributed by atoms with van der Waals surface area (Å²) >= 11 is 0. The number of rotatable bonds is 5. The Morgan fingerprint density at radius 3 is 2.09 bits per heavy atom. The van der Waals surface area contributed by atoms with Gasteiger partial charge in [-0.25, -0.2) is 0 Å². The van der Waals surface area contributed by atoms with E-state index in [2.05, 4.69) is 0 Å². The van der Waals surface area contributed by atoms with Gasteiger partial charge in [0.25, 0.3) is 0 Å². The number of hydrogen-bond donors (Lipinski definition) is 2. The van der Waals surface area contributed by atoms with Gasteiger partial charge in [-0.3, -0.25) is 0 Å². The van der Waals surface area contributed by atoms with E-state index >= 15 is 0 Å². The summed E-state index contributed by atoms with van der Waals surface area (Å²) in [4.78, 5) is 13.3. The van der Waals surface area contributed by atoms with Gasteiger partial charge in [0, 0.05) is 30.2 Å². The van der Waals surface area contributed by atoms with Crippen molar-refractivity contribution in [3.05, 3.63) is 54.6 Å². The van der Waals surface area contributed by atoms with Crippen molar-refractivity contribution < 1.29 is 32.0 Å². The topological polar surface area (TPSA) is 89.9 Å². The molecule has 3 aliphatic rings. The highest BCUT2D eigenvalue weighted by Gasteiger charge is 2.69. The van der Waals surface area contributed by atoms with Crippen LogP contribution in [-0.4, -0.2) is 78.2 Å². The minimum absolute atomic E-state index is 0.412. The first-order chi connectivity index (χ1) is 15.2. The molecule has 3 aliphatic heterocycles. The highest BCUT2D eigenvalue weighted by molar-refractivity contribution is 6.76. The molecule has 8 unspecified atom stereocenters. The molecule has 8 nitrogen and oxygen atoms in total. The van der Waals surface area contributed by atoms with Crippen LogP contribution in [0.25, 0.3) is 0 Å². The average Bonchev–Trinajstić information content (AvgIpc) is 3.45. The molecule has 3 saturated heterocycles. The van der Waals surface area contributed by atoms with Crippen LogP contribution in [0.15, 0.2) is 54.6 Å². The van der Waals surface area contributed by atoms with Gasteiger partial charge in [-0.15, -0.1) is 0 Å². The van der Waals surface area contributed by atoms with E-state index in [4.69, 9.17) is 22.1 Å². The largest absolute Gasteiger partial charge is 0.538 e. The van der Waals surface area contributed by atoms with Gasteiger partial charge < -0.3 is 36.9 Å². The maximum absolute atomic E-state index is 11.3. The van der Waals surface area contributed by atoms with Crippen LogP contribution in [-0.2, 0) is 22.1 Å². The molecule has 2 aromatic carbocycles. The third-order valence-corrected chi connectivity index (χ3v) is 11.4. The zero-order chi connectivity index (χ0) is 22.7. The van der Waals surface area contributed by atoms with E-state index in [-0.39, 0.29) is 0 Å². The Bertz CT molecular complexity index is 963. The van der Waals surface area contributed by atoms with Gasteiger partial charge >= 0.3 is 17.6 Å². The fourth-order valence-electron chi connectivity index (χ4n) is 4.62. The molecule has 2 N–H and O–H groups in total. The summed E-state index contributed by atoms with van der Waals surface area (Å²) in [6, 6.07) is 17.1. The van der Waals surface area contributed by atoms with Crippen molar-refractivity contribution in [3.8, 4) is 0 Å². The number of hydrogen-bond acceptors (Lipinski definition) is 8. The second-order valence-electron chi connectivity index (χ2n) is 8.84. The zero-order valence-corrected chi connectivity index (χ0v) is 20.5. The molecule has 8 atom stereocenters. The van der Waals surface area contributed by atoms with Crippen molar-refractivity contribution in [2.75, 3.05) is 19.0 Å². The standard InChI is InChI=1S/C22H29NO7Si2/c1-14(24)19-21-22(30-32(28-19,29-21)18-8-6-5-7-9-18)20-15(2)26-31(25,27-20)17-12-10-16(11-13-17)23(3)4/h5-15,19-22,24-25H,1-4H3. The summed E-state index contributed by atoms with van der Waals surface area (Å²) in [5.41, 5.74) is 1.02. The lowest BCUT2D eigenvalue weighted by atomic mass is 9.97. The maximum Gasteiger partial charge on any atom is 0.538 e. The van der Waals surface area contributed by atoms with Crippen molar-refractivity contribution in [3.63, 3.8) is 0 Å². The van der Waals surface area contributed by atoms with E-state index in [0.29, 0.717) is 5.19 Å². The first-order valence-corrected chi connectivity index (χ1v) is 14.3. The molecule has 3 fully saturated rings. The first-order valence-electron chi connectivity index (χ1n) is 10.9. The summed E-state index contributed by atoms with van der Waals surface area (Å²) in [6.45, 7) is 3.56. The fourth-order valence-corrected chi connectivity index (χ4v) is 9.98. The second kappa shape index (κ2) is 8.01. The number of aliphatic hydroxyl groups excluding tert-OH is 1. The molecule has 2 aromatic rings. The third-order valence-electron chi connectivity index (χ3n) is 6.30. The van der Waals surface area contributed by atoms with Crippen molar-refractivity contribution >= 4 is 33.7 Å². The predicted molar refractivity (Wildman–Crippen MR) is 122 cm³/mol. The number of nitrogens with zero attached hydrogens (tertiary/aromatic N) is 1. The van der Waals surface area contributed by atoms with Crippen LogP contribution in [0.4, 0.5) is 5.69 Å². The Kier molecular flexibility index (Phi) is 5.56. The molecule has 0 aliphatic carbocycles.